The predicted molar refractivity (Wildman–Crippen MR) is 70.0 cm³/mol. The third kappa shape index (κ3) is 2.41. The molecule has 2 nitrogen and oxygen atoms in total. The Kier molecular flexibility index (Phi) is 3.93. The first-order valence-corrected chi connectivity index (χ1v) is 6.52. The summed E-state index contributed by atoms with van der Waals surface area (Å²) in [5, 5.41) is 0. The Morgan fingerprint density at radius 1 is 1.24 bits per heavy atom. The van der Waals surface area contributed by atoms with Crippen molar-refractivity contribution in [2.75, 3.05) is 14.2 Å². The summed E-state index contributed by atoms with van der Waals surface area (Å²) in [6.07, 6.45) is 6.23. The van der Waals surface area contributed by atoms with Crippen LogP contribution in [0.15, 0.2) is 12.1 Å². The van der Waals surface area contributed by atoms with Gasteiger partial charge in [-0.15, -0.1) is 0 Å². The molecule has 0 heterocycles. The van der Waals surface area contributed by atoms with Gasteiger partial charge in [-0.25, -0.2) is 0 Å². The van der Waals surface area contributed by atoms with Crippen LogP contribution in [-0.2, 0) is 12.8 Å². The minimum absolute atomic E-state index is 0.852. The maximum atomic E-state index is 5.50. The molecule has 0 spiro atoms. The highest BCUT2D eigenvalue weighted by atomic mass is 16.5. The molecule has 0 radical (unpaired) electrons. The Labute approximate surface area is 104 Å². The third-order valence-electron chi connectivity index (χ3n) is 3.75. The van der Waals surface area contributed by atoms with Crippen molar-refractivity contribution in [1.82, 2.24) is 0 Å². The summed E-state index contributed by atoms with van der Waals surface area (Å²) < 4.78 is 10.9. The molecule has 2 heteroatoms. The largest absolute Gasteiger partial charge is 0.493 e. The van der Waals surface area contributed by atoms with Crippen molar-refractivity contribution in [2.24, 2.45) is 5.92 Å². The molecule has 0 unspecified atom stereocenters. The zero-order chi connectivity index (χ0) is 12.3. The second-order valence-corrected chi connectivity index (χ2v) is 4.84. The van der Waals surface area contributed by atoms with Gasteiger partial charge in [0.25, 0.3) is 0 Å². The lowest BCUT2D eigenvalue weighted by Crippen LogP contribution is -2.15. The molecule has 0 fully saturated rings. The second-order valence-electron chi connectivity index (χ2n) is 4.84. The van der Waals surface area contributed by atoms with E-state index in [2.05, 4.69) is 13.0 Å². The number of ether oxygens (including phenoxy) is 2. The zero-order valence-corrected chi connectivity index (χ0v) is 11.1. The number of hydrogen-bond acceptors (Lipinski definition) is 2. The van der Waals surface area contributed by atoms with Crippen molar-refractivity contribution in [3.8, 4) is 11.5 Å². The highest BCUT2D eigenvalue weighted by Crippen LogP contribution is 2.39. The highest BCUT2D eigenvalue weighted by molar-refractivity contribution is 5.51. The van der Waals surface area contributed by atoms with Crippen LogP contribution in [0.2, 0.25) is 0 Å². The Balaban J connectivity index is 2.29. The normalized spacial score (nSPS) is 18.6. The van der Waals surface area contributed by atoms with Gasteiger partial charge in [-0.05, 0) is 36.8 Å². The summed E-state index contributed by atoms with van der Waals surface area (Å²) in [6, 6.07) is 4.24. The van der Waals surface area contributed by atoms with Gasteiger partial charge in [0, 0.05) is 5.56 Å². The van der Waals surface area contributed by atoms with Crippen LogP contribution in [0, 0.1) is 5.92 Å². The third-order valence-corrected chi connectivity index (χ3v) is 3.75. The van der Waals surface area contributed by atoms with Crippen molar-refractivity contribution in [3.63, 3.8) is 0 Å². The number of methoxy groups -OCH3 is 2. The summed E-state index contributed by atoms with van der Waals surface area (Å²) in [4.78, 5) is 0. The van der Waals surface area contributed by atoms with Gasteiger partial charge < -0.3 is 9.47 Å². The van der Waals surface area contributed by atoms with Gasteiger partial charge in [0.2, 0.25) is 0 Å². The van der Waals surface area contributed by atoms with Crippen molar-refractivity contribution < 1.29 is 9.47 Å². The van der Waals surface area contributed by atoms with E-state index >= 15 is 0 Å². The van der Waals surface area contributed by atoms with Crippen LogP contribution in [0.4, 0.5) is 0 Å². The van der Waals surface area contributed by atoms with E-state index < -0.39 is 0 Å². The fourth-order valence-corrected chi connectivity index (χ4v) is 2.91. The lowest BCUT2D eigenvalue weighted by Gasteiger charge is -2.26. The average Bonchev–Trinajstić information content (AvgIpc) is 2.37. The molecule has 1 aromatic carbocycles. The van der Waals surface area contributed by atoms with E-state index in [1.54, 1.807) is 14.2 Å². The van der Waals surface area contributed by atoms with Gasteiger partial charge in [-0.3, -0.25) is 0 Å². The van der Waals surface area contributed by atoms with Gasteiger partial charge in [0.15, 0.2) is 11.5 Å². The summed E-state index contributed by atoms with van der Waals surface area (Å²) in [7, 11) is 3.43. The van der Waals surface area contributed by atoms with Gasteiger partial charge in [0.05, 0.1) is 14.2 Å². The molecule has 0 bridgehead atoms. The Hall–Kier alpha value is -1.18. The van der Waals surface area contributed by atoms with Crippen molar-refractivity contribution >= 4 is 0 Å². The topological polar surface area (TPSA) is 18.5 Å². The molecular weight excluding hydrogens is 212 g/mol. The Morgan fingerprint density at radius 3 is 2.71 bits per heavy atom. The Morgan fingerprint density at radius 2 is 2.06 bits per heavy atom. The zero-order valence-electron chi connectivity index (χ0n) is 11.1. The molecule has 1 aliphatic rings. The summed E-state index contributed by atoms with van der Waals surface area (Å²) in [6.45, 7) is 2.27. The van der Waals surface area contributed by atoms with E-state index in [0.29, 0.717) is 0 Å². The molecule has 0 aromatic heterocycles. The minimum atomic E-state index is 0.852. The molecule has 1 atom stereocenters. The molecule has 1 aliphatic carbocycles. The predicted octanol–water partition coefficient (Wildman–Crippen LogP) is 3.61. The molecule has 94 valence electrons. The van der Waals surface area contributed by atoms with E-state index in [0.717, 1.165) is 23.8 Å². The standard InChI is InChI=1S/C15H22O2/c1-4-5-11-6-8-13-12(10-11)7-9-14(16-2)15(13)17-3/h7,9,11H,4-6,8,10H2,1-3H3/t11-/m0/s1. The molecule has 0 saturated heterocycles. The lowest BCUT2D eigenvalue weighted by molar-refractivity contribution is 0.343. The van der Waals surface area contributed by atoms with Crippen LogP contribution in [0.5, 0.6) is 11.5 Å². The smallest absolute Gasteiger partial charge is 0.164 e. The van der Waals surface area contributed by atoms with Crippen LogP contribution in [0.3, 0.4) is 0 Å². The van der Waals surface area contributed by atoms with E-state index in [9.17, 15) is 0 Å². The number of fused-ring (bicyclic) bond motifs is 1. The highest BCUT2D eigenvalue weighted by Gasteiger charge is 2.22. The average molecular weight is 234 g/mol. The summed E-state index contributed by atoms with van der Waals surface area (Å²) in [5.74, 6) is 2.66. The molecule has 0 aliphatic heterocycles. The van der Waals surface area contributed by atoms with Crippen LogP contribution in [0.1, 0.15) is 37.3 Å². The maximum Gasteiger partial charge on any atom is 0.164 e. The first-order chi connectivity index (χ1) is 8.30. The van der Waals surface area contributed by atoms with Gasteiger partial charge >= 0.3 is 0 Å². The van der Waals surface area contributed by atoms with E-state index in [1.807, 2.05) is 6.07 Å². The van der Waals surface area contributed by atoms with E-state index in [-0.39, 0.29) is 0 Å². The number of hydrogen-bond donors (Lipinski definition) is 0. The molecule has 0 N–H and O–H groups in total. The van der Waals surface area contributed by atoms with E-state index in [4.69, 9.17) is 9.47 Å². The molecule has 2 rings (SSSR count). The van der Waals surface area contributed by atoms with Gasteiger partial charge in [0.1, 0.15) is 0 Å². The van der Waals surface area contributed by atoms with Crippen LogP contribution in [0.25, 0.3) is 0 Å². The molecule has 0 amide bonds. The summed E-state index contributed by atoms with van der Waals surface area (Å²) in [5.41, 5.74) is 2.81. The van der Waals surface area contributed by atoms with Crippen molar-refractivity contribution in [2.45, 2.75) is 39.0 Å². The molecule has 1 aromatic rings. The Bertz CT molecular complexity index is 385. The lowest BCUT2D eigenvalue weighted by atomic mass is 9.81. The monoisotopic (exact) mass is 234 g/mol. The van der Waals surface area contributed by atoms with Gasteiger partial charge in [-0.1, -0.05) is 25.8 Å². The molecule has 17 heavy (non-hydrogen) atoms. The number of rotatable bonds is 4. The first-order valence-electron chi connectivity index (χ1n) is 6.52. The fraction of sp³-hybridized carbons (Fsp3) is 0.600. The van der Waals surface area contributed by atoms with Crippen LogP contribution < -0.4 is 9.47 Å². The quantitative estimate of drug-likeness (QED) is 0.792. The SMILES string of the molecule is CCC[C@H]1CCc2c(ccc(OC)c2OC)C1. The second kappa shape index (κ2) is 5.44. The van der Waals surface area contributed by atoms with Gasteiger partial charge in [-0.2, -0.15) is 0 Å². The molecular formula is C15H22O2. The maximum absolute atomic E-state index is 5.50. The van der Waals surface area contributed by atoms with E-state index in [1.165, 1.54) is 36.8 Å². The van der Waals surface area contributed by atoms with Crippen LogP contribution in [-0.4, -0.2) is 14.2 Å². The molecule has 0 saturated carbocycles. The minimum Gasteiger partial charge on any atom is -0.493 e. The van der Waals surface area contributed by atoms with Crippen molar-refractivity contribution in [3.05, 3.63) is 23.3 Å². The fourth-order valence-electron chi connectivity index (χ4n) is 2.91. The summed E-state index contributed by atoms with van der Waals surface area (Å²) >= 11 is 0. The number of benzene rings is 1. The van der Waals surface area contributed by atoms with Crippen molar-refractivity contribution in [1.29, 1.82) is 0 Å². The first kappa shape index (κ1) is 12.3. The van der Waals surface area contributed by atoms with Crippen LogP contribution >= 0.6 is 0 Å².